The van der Waals surface area contributed by atoms with Gasteiger partial charge >= 0.3 is 6.18 Å². The number of alkyl halides is 3. The van der Waals surface area contributed by atoms with Crippen LogP contribution in [-0.4, -0.2) is 24.6 Å². The van der Waals surface area contributed by atoms with E-state index < -0.39 is 11.7 Å². The average Bonchev–Trinajstić information content (AvgIpc) is 2.38. The van der Waals surface area contributed by atoms with Gasteiger partial charge in [-0.15, -0.1) is 0 Å². The summed E-state index contributed by atoms with van der Waals surface area (Å²) in [6.07, 6.45) is -1.13. The maximum Gasteiger partial charge on any atom is 0.419 e. The predicted molar refractivity (Wildman–Crippen MR) is 63.2 cm³/mol. The normalized spacial score (nSPS) is 21.1. The van der Waals surface area contributed by atoms with Gasteiger partial charge in [-0.25, -0.2) is 4.98 Å². The van der Waals surface area contributed by atoms with Crippen LogP contribution in [0.3, 0.4) is 0 Å². The molecule has 2 heterocycles. The molecule has 1 fully saturated rings. The highest BCUT2D eigenvalue weighted by atomic mass is 19.4. The van der Waals surface area contributed by atoms with Crippen molar-refractivity contribution in [3.63, 3.8) is 0 Å². The minimum Gasteiger partial charge on any atom is -0.356 e. The molecule has 0 aromatic carbocycles. The van der Waals surface area contributed by atoms with Gasteiger partial charge in [-0.2, -0.15) is 13.2 Å². The van der Waals surface area contributed by atoms with E-state index in [-0.39, 0.29) is 11.7 Å². The Labute approximate surface area is 104 Å². The Kier molecular flexibility index (Phi) is 3.75. The van der Waals surface area contributed by atoms with Crippen LogP contribution in [0.25, 0.3) is 0 Å². The lowest BCUT2D eigenvalue weighted by molar-refractivity contribution is -0.137. The SMILES string of the molecule is NCC1CCCN(c2ncccc2C(F)(F)F)C1. The Balaban J connectivity index is 2.27. The Morgan fingerprint density at radius 2 is 2.22 bits per heavy atom. The van der Waals surface area contributed by atoms with Crippen molar-refractivity contribution in [2.24, 2.45) is 11.7 Å². The Morgan fingerprint density at radius 1 is 1.44 bits per heavy atom. The first-order chi connectivity index (χ1) is 8.52. The van der Waals surface area contributed by atoms with Crippen molar-refractivity contribution in [1.29, 1.82) is 0 Å². The zero-order valence-corrected chi connectivity index (χ0v) is 9.95. The van der Waals surface area contributed by atoms with E-state index in [9.17, 15) is 13.2 Å². The molecule has 1 saturated heterocycles. The third kappa shape index (κ3) is 2.75. The van der Waals surface area contributed by atoms with Gasteiger partial charge < -0.3 is 10.6 Å². The quantitative estimate of drug-likeness (QED) is 0.886. The molecular formula is C12H16F3N3. The zero-order chi connectivity index (χ0) is 13.2. The highest BCUT2D eigenvalue weighted by Gasteiger charge is 2.36. The van der Waals surface area contributed by atoms with Crippen LogP contribution in [0.4, 0.5) is 19.0 Å². The first-order valence-electron chi connectivity index (χ1n) is 5.99. The van der Waals surface area contributed by atoms with Crippen LogP contribution >= 0.6 is 0 Å². The van der Waals surface area contributed by atoms with Crippen molar-refractivity contribution in [3.8, 4) is 0 Å². The molecule has 0 spiro atoms. The summed E-state index contributed by atoms with van der Waals surface area (Å²) in [5, 5.41) is 0. The molecule has 0 aliphatic carbocycles. The van der Waals surface area contributed by atoms with Gasteiger partial charge in [0, 0.05) is 19.3 Å². The van der Waals surface area contributed by atoms with Gasteiger partial charge in [-0.05, 0) is 37.4 Å². The van der Waals surface area contributed by atoms with Crippen LogP contribution in [-0.2, 0) is 6.18 Å². The molecule has 1 aliphatic heterocycles. The molecule has 1 aromatic heterocycles. The topological polar surface area (TPSA) is 42.1 Å². The Bertz CT molecular complexity index is 406. The molecule has 0 radical (unpaired) electrons. The van der Waals surface area contributed by atoms with Crippen molar-refractivity contribution >= 4 is 5.82 Å². The summed E-state index contributed by atoms with van der Waals surface area (Å²) in [6, 6.07) is 2.39. The molecule has 0 bridgehead atoms. The first kappa shape index (κ1) is 13.1. The monoisotopic (exact) mass is 259 g/mol. The lowest BCUT2D eigenvalue weighted by atomic mass is 9.98. The highest BCUT2D eigenvalue weighted by molar-refractivity contribution is 5.48. The van der Waals surface area contributed by atoms with Crippen LogP contribution in [0, 0.1) is 5.92 Å². The number of hydrogen-bond donors (Lipinski definition) is 1. The molecule has 6 heteroatoms. The number of anilines is 1. The minimum absolute atomic E-state index is 0.0307. The number of aromatic nitrogens is 1. The predicted octanol–water partition coefficient (Wildman–Crippen LogP) is 2.28. The minimum atomic E-state index is -4.36. The van der Waals surface area contributed by atoms with Crippen LogP contribution in [0.15, 0.2) is 18.3 Å². The van der Waals surface area contributed by atoms with E-state index in [1.807, 2.05) is 0 Å². The Hall–Kier alpha value is -1.30. The second-order valence-electron chi connectivity index (χ2n) is 4.56. The van der Waals surface area contributed by atoms with Crippen molar-refractivity contribution in [2.75, 3.05) is 24.5 Å². The van der Waals surface area contributed by atoms with E-state index in [4.69, 9.17) is 5.73 Å². The number of halogens is 3. The van der Waals surface area contributed by atoms with E-state index in [2.05, 4.69) is 4.98 Å². The zero-order valence-electron chi connectivity index (χ0n) is 9.95. The molecule has 100 valence electrons. The summed E-state index contributed by atoms with van der Waals surface area (Å²) in [5.41, 5.74) is 4.93. The summed E-state index contributed by atoms with van der Waals surface area (Å²) in [5.74, 6) is 0.282. The third-order valence-corrected chi connectivity index (χ3v) is 3.24. The van der Waals surface area contributed by atoms with Gasteiger partial charge in [-0.3, -0.25) is 0 Å². The highest BCUT2D eigenvalue weighted by Crippen LogP contribution is 2.36. The standard InChI is InChI=1S/C12H16F3N3/c13-12(14,15)10-4-1-5-17-11(10)18-6-2-3-9(7-16)8-18/h1,4-5,9H,2-3,6-8,16H2. The number of rotatable bonds is 2. The van der Waals surface area contributed by atoms with Crippen molar-refractivity contribution in [2.45, 2.75) is 19.0 Å². The summed E-state index contributed by atoms with van der Waals surface area (Å²) >= 11 is 0. The number of nitrogens with two attached hydrogens (primary N) is 1. The van der Waals surface area contributed by atoms with Crippen molar-refractivity contribution in [3.05, 3.63) is 23.9 Å². The first-order valence-corrected chi connectivity index (χ1v) is 5.99. The number of nitrogens with zero attached hydrogens (tertiary/aromatic N) is 2. The van der Waals surface area contributed by atoms with Crippen molar-refractivity contribution in [1.82, 2.24) is 4.98 Å². The van der Waals surface area contributed by atoms with E-state index in [0.717, 1.165) is 18.9 Å². The largest absolute Gasteiger partial charge is 0.419 e. The molecule has 18 heavy (non-hydrogen) atoms. The summed E-state index contributed by atoms with van der Waals surface area (Å²) in [7, 11) is 0. The van der Waals surface area contributed by atoms with Crippen LogP contribution in [0.1, 0.15) is 18.4 Å². The molecule has 3 nitrogen and oxygen atoms in total. The van der Waals surface area contributed by atoms with Gasteiger partial charge in [0.25, 0.3) is 0 Å². The van der Waals surface area contributed by atoms with Crippen LogP contribution < -0.4 is 10.6 Å². The number of pyridine rings is 1. The van der Waals surface area contributed by atoms with Crippen LogP contribution in [0.2, 0.25) is 0 Å². The van der Waals surface area contributed by atoms with Gasteiger partial charge in [0.05, 0.1) is 5.56 Å². The number of piperidine rings is 1. The van der Waals surface area contributed by atoms with E-state index in [0.29, 0.717) is 19.6 Å². The van der Waals surface area contributed by atoms with Gasteiger partial charge in [0.15, 0.2) is 0 Å². The molecule has 1 atom stereocenters. The molecule has 0 saturated carbocycles. The average molecular weight is 259 g/mol. The van der Waals surface area contributed by atoms with E-state index >= 15 is 0 Å². The molecular weight excluding hydrogens is 243 g/mol. The second-order valence-corrected chi connectivity index (χ2v) is 4.56. The lowest BCUT2D eigenvalue weighted by Gasteiger charge is -2.34. The van der Waals surface area contributed by atoms with Crippen molar-refractivity contribution < 1.29 is 13.2 Å². The van der Waals surface area contributed by atoms with E-state index in [1.165, 1.54) is 12.3 Å². The molecule has 0 amide bonds. The third-order valence-electron chi connectivity index (χ3n) is 3.24. The Morgan fingerprint density at radius 3 is 2.89 bits per heavy atom. The summed E-state index contributed by atoms with van der Waals surface area (Å²) in [6.45, 7) is 1.66. The maximum absolute atomic E-state index is 12.9. The lowest BCUT2D eigenvalue weighted by Crippen LogP contribution is -2.39. The summed E-state index contributed by atoms with van der Waals surface area (Å²) < 4.78 is 38.7. The van der Waals surface area contributed by atoms with E-state index in [1.54, 1.807) is 4.90 Å². The summed E-state index contributed by atoms with van der Waals surface area (Å²) in [4.78, 5) is 5.60. The molecule has 1 unspecified atom stereocenters. The molecule has 2 rings (SSSR count). The fraction of sp³-hybridized carbons (Fsp3) is 0.583. The fourth-order valence-corrected chi connectivity index (χ4v) is 2.32. The molecule has 1 aromatic rings. The number of hydrogen-bond acceptors (Lipinski definition) is 3. The smallest absolute Gasteiger partial charge is 0.356 e. The van der Waals surface area contributed by atoms with Crippen LogP contribution in [0.5, 0.6) is 0 Å². The maximum atomic E-state index is 12.9. The van der Waals surface area contributed by atoms with Gasteiger partial charge in [0.1, 0.15) is 5.82 Å². The second kappa shape index (κ2) is 5.14. The fourth-order valence-electron chi connectivity index (χ4n) is 2.32. The van der Waals surface area contributed by atoms with Gasteiger partial charge in [-0.1, -0.05) is 0 Å². The molecule has 2 N–H and O–H groups in total. The molecule has 1 aliphatic rings. The van der Waals surface area contributed by atoms with Gasteiger partial charge in [0.2, 0.25) is 0 Å².